The Morgan fingerprint density at radius 2 is 2.00 bits per heavy atom. The third kappa shape index (κ3) is 3.85. The predicted octanol–water partition coefficient (Wildman–Crippen LogP) is 3.36. The van der Waals surface area contributed by atoms with Crippen LogP contribution >= 0.6 is 0 Å². The summed E-state index contributed by atoms with van der Waals surface area (Å²) >= 11 is 0. The molecule has 2 aromatic rings. The van der Waals surface area contributed by atoms with Crippen LogP contribution in [0.4, 0.5) is 31.8 Å². The van der Waals surface area contributed by atoms with E-state index in [4.69, 9.17) is 9.84 Å². The molecule has 1 aliphatic rings. The van der Waals surface area contributed by atoms with Crippen molar-refractivity contribution in [3.63, 3.8) is 0 Å². The smallest absolute Gasteiger partial charge is 0.342 e. The number of hydrogen-bond acceptors (Lipinski definition) is 6. The van der Waals surface area contributed by atoms with Gasteiger partial charge in [-0.2, -0.15) is 8.78 Å². The molecule has 0 spiro atoms. The van der Waals surface area contributed by atoms with Gasteiger partial charge in [-0.25, -0.2) is 9.78 Å². The number of carboxylic acid groups (broad SMARTS) is 1. The highest BCUT2D eigenvalue weighted by Crippen LogP contribution is 2.38. The molecule has 1 amide bonds. The van der Waals surface area contributed by atoms with Gasteiger partial charge in [-0.05, 0) is 44.2 Å². The number of carboxylic acids is 1. The maximum Gasteiger partial charge on any atom is 0.342 e. The Morgan fingerprint density at radius 3 is 2.60 bits per heavy atom. The molecule has 2 heterocycles. The molecule has 1 aromatic heterocycles. The maximum atomic E-state index is 14.4. The summed E-state index contributed by atoms with van der Waals surface area (Å²) in [6, 6.07) is 7.05. The maximum absolute atomic E-state index is 14.4. The van der Waals surface area contributed by atoms with Crippen LogP contribution < -0.4 is 19.9 Å². The Bertz CT molecular complexity index is 997. The summed E-state index contributed by atoms with van der Waals surface area (Å²) in [4.78, 5) is 30.1. The second-order valence-electron chi connectivity index (χ2n) is 7.17. The van der Waals surface area contributed by atoms with Gasteiger partial charge in [-0.15, -0.1) is 0 Å². The van der Waals surface area contributed by atoms with Crippen molar-refractivity contribution in [1.29, 1.82) is 0 Å². The van der Waals surface area contributed by atoms with Crippen molar-refractivity contribution in [3.8, 4) is 5.75 Å². The molecular weight excluding hydrogens is 398 g/mol. The van der Waals surface area contributed by atoms with E-state index in [9.17, 15) is 18.4 Å². The molecule has 1 aromatic carbocycles. The molecule has 30 heavy (non-hydrogen) atoms. The van der Waals surface area contributed by atoms with E-state index in [1.54, 1.807) is 19.9 Å². The normalized spacial score (nSPS) is 15.6. The van der Waals surface area contributed by atoms with Gasteiger partial charge in [0.15, 0.2) is 5.82 Å². The molecule has 0 saturated carbocycles. The number of benzene rings is 1. The molecule has 0 radical (unpaired) electrons. The van der Waals surface area contributed by atoms with Crippen molar-refractivity contribution in [2.75, 3.05) is 35.8 Å². The minimum atomic E-state index is -3.55. The molecular formula is C20H22F2N4O4. The predicted molar refractivity (Wildman–Crippen MR) is 108 cm³/mol. The van der Waals surface area contributed by atoms with E-state index >= 15 is 0 Å². The van der Waals surface area contributed by atoms with Crippen LogP contribution in [0.15, 0.2) is 30.3 Å². The highest BCUT2D eigenvalue weighted by molar-refractivity contribution is 6.02. The molecule has 0 bridgehead atoms. The number of aromatic carboxylic acids is 1. The zero-order valence-electron chi connectivity index (χ0n) is 16.9. The van der Waals surface area contributed by atoms with Gasteiger partial charge in [0, 0.05) is 13.1 Å². The van der Waals surface area contributed by atoms with Crippen LogP contribution in [-0.2, 0) is 4.79 Å². The van der Waals surface area contributed by atoms with Crippen LogP contribution in [0.25, 0.3) is 0 Å². The highest BCUT2D eigenvalue weighted by atomic mass is 19.3. The minimum absolute atomic E-state index is 0.0561. The average molecular weight is 420 g/mol. The Morgan fingerprint density at radius 1 is 1.30 bits per heavy atom. The molecule has 10 heteroatoms. The minimum Gasteiger partial charge on any atom is -0.495 e. The highest BCUT2D eigenvalue weighted by Gasteiger charge is 2.47. The van der Waals surface area contributed by atoms with Gasteiger partial charge in [-0.3, -0.25) is 4.79 Å². The van der Waals surface area contributed by atoms with Gasteiger partial charge >= 0.3 is 11.9 Å². The monoisotopic (exact) mass is 420 g/mol. The first-order valence-electron chi connectivity index (χ1n) is 9.17. The number of ether oxygens (including phenoxy) is 1. The van der Waals surface area contributed by atoms with Crippen molar-refractivity contribution >= 4 is 34.9 Å². The second-order valence-corrected chi connectivity index (χ2v) is 7.17. The fourth-order valence-corrected chi connectivity index (χ4v) is 3.19. The molecule has 0 fully saturated rings. The number of carbonyl (C=O) groups is 2. The quantitative estimate of drug-likeness (QED) is 0.766. The number of hydrogen-bond donors (Lipinski definition) is 2. The van der Waals surface area contributed by atoms with Crippen LogP contribution in [0.3, 0.4) is 0 Å². The number of alkyl halides is 2. The van der Waals surface area contributed by atoms with Crippen LogP contribution in [0.2, 0.25) is 0 Å². The van der Waals surface area contributed by atoms with E-state index in [0.717, 1.165) is 4.90 Å². The summed E-state index contributed by atoms with van der Waals surface area (Å²) in [6.07, 6.45) is 0. The number of nitrogens with one attached hydrogen (secondary N) is 1. The number of nitrogens with zero attached hydrogens (tertiary/aromatic N) is 3. The van der Waals surface area contributed by atoms with Crippen LogP contribution in [0.1, 0.15) is 24.2 Å². The van der Waals surface area contributed by atoms with Gasteiger partial charge in [0.05, 0.1) is 30.6 Å². The summed E-state index contributed by atoms with van der Waals surface area (Å²) in [5.74, 6) is -5.09. The van der Waals surface area contributed by atoms with E-state index in [1.807, 2.05) is 0 Å². The van der Waals surface area contributed by atoms with Crippen molar-refractivity contribution in [2.24, 2.45) is 0 Å². The fraction of sp³-hybridized carbons (Fsp3) is 0.350. The van der Waals surface area contributed by atoms with Gasteiger partial charge in [0.2, 0.25) is 0 Å². The molecule has 1 aliphatic heterocycles. The number of aromatic nitrogens is 1. The topological polar surface area (TPSA) is 95.0 Å². The number of fused-ring (bicyclic) bond motifs is 1. The van der Waals surface area contributed by atoms with E-state index in [2.05, 4.69) is 10.3 Å². The number of carbonyl (C=O) groups excluding carboxylic acids is 1. The van der Waals surface area contributed by atoms with E-state index in [-0.39, 0.29) is 28.9 Å². The lowest BCUT2D eigenvalue weighted by Gasteiger charge is -2.29. The number of anilines is 4. The molecule has 0 saturated heterocycles. The van der Waals surface area contributed by atoms with Gasteiger partial charge in [0.1, 0.15) is 11.6 Å². The number of amides is 1. The summed E-state index contributed by atoms with van der Waals surface area (Å²) in [5, 5.41) is 12.1. The Labute approximate surface area is 172 Å². The molecule has 3 rings (SSSR count). The van der Waals surface area contributed by atoms with E-state index in [0.29, 0.717) is 11.5 Å². The fourth-order valence-electron chi connectivity index (χ4n) is 3.19. The Balaban J connectivity index is 2.03. The summed E-state index contributed by atoms with van der Waals surface area (Å²) in [7, 11) is 2.70. The van der Waals surface area contributed by atoms with Gasteiger partial charge in [0.25, 0.3) is 5.91 Å². The second kappa shape index (κ2) is 7.77. The molecule has 160 valence electrons. The van der Waals surface area contributed by atoms with Gasteiger partial charge in [-0.1, -0.05) is 0 Å². The van der Waals surface area contributed by atoms with E-state index in [1.165, 1.54) is 43.3 Å². The average Bonchev–Trinajstić information content (AvgIpc) is 2.77. The number of halogens is 2. The summed E-state index contributed by atoms with van der Waals surface area (Å²) in [6.45, 7) is 2.70. The largest absolute Gasteiger partial charge is 0.495 e. The van der Waals surface area contributed by atoms with Crippen molar-refractivity contribution in [1.82, 2.24) is 4.98 Å². The van der Waals surface area contributed by atoms with Crippen LogP contribution in [0, 0.1) is 0 Å². The van der Waals surface area contributed by atoms with Crippen LogP contribution in [-0.4, -0.2) is 54.6 Å². The first kappa shape index (κ1) is 21.3. The van der Waals surface area contributed by atoms with Crippen molar-refractivity contribution in [2.45, 2.75) is 25.8 Å². The zero-order chi connectivity index (χ0) is 22.2. The Hall–Kier alpha value is -3.43. The first-order valence-corrected chi connectivity index (χ1v) is 9.17. The van der Waals surface area contributed by atoms with Gasteiger partial charge < -0.3 is 25.0 Å². The lowest BCUT2D eigenvalue weighted by atomic mass is 10.2. The number of pyridine rings is 1. The SMILES string of the molecule is COc1cc(C(=O)O)ccc1Nc1ccc2c(n1)N(C(C)C)CC(F)(F)C(=O)N2C. The molecule has 8 nitrogen and oxygen atoms in total. The van der Waals surface area contributed by atoms with Crippen LogP contribution in [0.5, 0.6) is 5.75 Å². The Kier molecular flexibility index (Phi) is 5.51. The van der Waals surface area contributed by atoms with E-state index < -0.39 is 24.3 Å². The van der Waals surface area contributed by atoms with Crippen molar-refractivity contribution < 1.29 is 28.2 Å². The third-order valence-electron chi connectivity index (χ3n) is 4.81. The molecule has 0 aliphatic carbocycles. The molecule has 0 atom stereocenters. The standard InChI is InChI=1S/C20H22F2N4O4/c1-11(2)26-10-20(21,22)19(29)25(3)14-7-8-16(24-17(14)26)23-13-6-5-12(18(27)28)9-15(13)30-4/h5-9,11H,10H2,1-4H3,(H,23,24)(H,27,28). The number of methoxy groups -OCH3 is 1. The lowest BCUT2D eigenvalue weighted by Crippen LogP contribution is -2.47. The molecule has 0 unspecified atom stereocenters. The zero-order valence-corrected chi connectivity index (χ0v) is 16.9. The first-order chi connectivity index (χ1) is 14.0. The lowest BCUT2D eigenvalue weighted by molar-refractivity contribution is -0.140. The third-order valence-corrected chi connectivity index (χ3v) is 4.81. The number of rotatable bonds is 5. The summed E-state index contributed by atoms with van der Waals surface area (Å²) in [5.41, 5.74) is 0.777. The van der Waals surface area contributed by atoms with Crippen molar-refractivity contribution in [3.05, 3.63) is 35.9 Å². The summed E-state index contributed by atoms with van der Waals surface area (Å²) < 4.78 is 34.0. The molecule has 2 N–H and O–H groups in total.